The van der Waals surface area contributed by atoms with E-state index in [2.05, 4.69) is 50.9 Å². The minimum Gasteiger partial charge on any atom is -0.354 e. The van der Waals surface area contributed by atoms with Gasteiger partial charge in [0.25, 0.3) is 11.5 Å². The van der Waals surface area contributed by atoms with Gasteiger partial charge in [-0.1, -0.05) is 0 Å². The molecule has 1 fully saturated rings. The first-order valence-electron chi connectivity index (χ1n) is 14.8. The smallest absolute Gasteiger partial charge is 0.269 e. The first-order chi connectivity index (χ1) is 20.7. The molecule has 6 rings (SSSR count). The van der Waals surface area contributed by atoms with Gasteiger partial charge >= 0.3 is 0 Å². The fourth-order valence-electron chi connectivity index (χ4n) is 6.33. The number of hydrogen-bond acceptors (Lipinski definition) is 7. The standard InChI is InChI=1S/C33H38N8O2/c1-7-40(27-11-8-21(3)37-30(27)22-9-10-26(35-18-22)31(42)34-4)28-17-20(2)16-24-29(28)25-19-36-41(32(25)39(6)33(24)43)23-12-14-38(5)15-13-23/h8-11,16-19,23H,7,12-15H2,1-6H3,(H,34,42). The van der Waals surface area contributed by atoms with Crippen LogP contribution in [0, 0.1) is 13.8 Å². The van der Waals surface area contributed by atoms with Crippen molar-refractivity contribution in [2.75, 3.05) is 38.6 Å². The van der Waals surface area contributed by atoms with Crippen LogP contribution >= 0.6 is 0 Å². The predicted octanol–water partition coefficient (Wildman–Crippen LogP) is 4.75. The number of hydrogen-bond donors (Lipinski definition) is 1. The predicted molar refractivity (Wildman–Crippen MR) is 171 cm³/mol. The SMILES string of the molecule is CCN(c1ccc(C)nc1-c1ccc(C(=O)NC)nc1)c1cc(C)cc2c(=O)n(C)c3c(cnn3C3CCN(C)CC3)c12. The highest BCUT2D eigenvalue weighted by molar-refractivity contribution is 6.12. The molecule has 43 heavy (non-hydrogen) atoms. The van der Waals surface area contributed by atoms with Crippen LogP contribution in [0.3, 0.4) is 0 Å². The van der Waals surface area contributed by atoms with Gasteiger partial charge in [-0.2, -0.15) is 5.10 Å². The summed E-state index contributed by atoms with van der Waals surface area (Å²) < 4.78 is 3.84. The van der Waals surface area contributed by atoms with Crippen molar-refractivity contribution in [1.29, 1.82) is 0 Å². The summed E-state index contributed by atoms with van der Waals surface area (Å²) in [5.74, 6) is -0.239. The number of piperidine rings is 1. The topological polar surface area (TPSA) is 101 Å². The number of rotatable bonds is 6. The first kappa shape index (κ1) is 28.5. The van der Waals surface area contributed by atoms with E-state index in [4.69, 9.17) is 10.1 Å². The molecule has 1 aliphatic heterocycles. The van der Waals surface area contributed by atoms with Crippen LogP contribution in [-0.2, 0) is 7.05 Å². The Labute approximate surface area is 251 Å². The number of likely N-dealkylation sites (tertiary alicyclic amines) is 1. The van der Waals surface area contributed by atoms with Gasteiger partial charge in [-0.15, -0.1) is 0 Å². The number of benzene rings is 1. The molecule has 222 valence electrons. The maximum absolute atomic E-state index is 14.0. The Morgan fingerprint density at radius 3 is 2.47 bits per heavy atom. The lowest BCUT2D eigenvalue weighted by molar-refractivity contribution is 0.0958. The number of nitrogens with zero attached hydrogens (tertiary/aromatic N) is 7. The van der Waals surface area contributed by atoms with Crippen LogP contribution < -0.4 is 15.8 Å². The summed E-state index contributed by atoms with van der Waals surface area (Å²) >= 11 is 0. The number of carbonyl (C=O) groups excluding carboxylic acids is 1. The quantitative estimate of drug-likeness (QED) is 0.310. The Bertz CT molecular complexity index is 1900. The van der Waals surface area contributed by atoms with Crippen LogP contribution in [0.1, 0.15) is 47.6 Å². The highest BCUT2D eigenvalue weighted by atomic mass is 16.1. The third-order valence-electron chi connectivity index (χ3n) is 8.59. The Morgan fingerprint density at radius 2 is 1.79 bits per heavy atom. The number of pyridine rings is 3. The van der Waals surface area contributed by atoms with Gasteiger partial charge in [-0.3, -0.25) is 24.1 Å². The second-order valence-corrected chi connectivity index (χ2v) is 11.5. The van der Waals surface area contributed by atoms with Gasteiger partial charge in [0, 0.05) is 48.9 Å². The number of aromatic nitrogens is 5. The lowest BCUT2D eigenvalue weighted by Crippen LogP contribution is -2.32. The van der Waals surface area contributed by atoms with E-state index in [0.29, 0.717) is 17.6 Å². The van der Waals surface area contributed by atoms with E-state index in [1.165, 1.54) is 0 Å². The molecule has 1 N–H and O–H groups in total. The molecule has 5 heterocycles. The maximum atomic E-state index is 14.0. The van der Waals surface area contributed by atoms with Crippen molar-refractivity contribution in [2.45, 2.75) is 39.7 Å². The normalized spacial score (nSPS) is 14.5. The van der Waals surface area contributed by atoms with E-state index in [1.54, 1.807) is 23.9 Å². The highest BCUT2D eigenvalue weighted by Gasteiger charge is 2.26. The summed E-state index contributed by atoms with van der Waals surface area (Å²) in [7, 11) is 5.59. The molecular weight excluding hydrogens is 540 g/mol. The number of fused-ring (bicyclic) bond motifs is 3. The third kappa shape index (κ3) is 4.95. The fourth-order valence-corrected chi connectivity index (χ4v) is 6.33. The molecule has 0 saturated carbocycles. The molecule has 1 amide bonds. The molecule has 1 aromatic carbocycles. The highest BCUT2D eigenvalue weighted by Crippen LogP contribution is 2.40. The van der Waals surface area contributed by atoms with Crippen molar-refractivity contribution in [1.82, 2.24) is 34.5 Å². The van der Waals surface area contributed by atoms with Crippen molar-refractivity contribution in [3.05, 3.63) is 76.1 Å². The average molecular weight is 579 g/mol. The zero-order valence-electron chi connectivity index (χ0n) is 25.7. The summed E-state index contributed by atoms with van der Waals surface area (Å²) in [5.41, 5.74) is 6.42. The van der Waals surface area contributed by atoms with Gasteiger partial charge in [0.15, 0.2) is 0 Å². The first-order valence-corrected chi connectivity index (χ1v) is 14.8. The fraction of sp³-hybridized carbons (Fsp3) is 0.364. The lowest BCUT2D eigenvalue weighted by Gasteiger charge is -2.30. The monoisotopic (exact) mass is 578 g/mol. The van der Waals surface area contributed by atoms with Gasteiger partial charge in [0.05, 0.1) is 34.7 Å². The second-order valence-electron chi connectivity index (χ2n) is 11.5. The van der Waals surface area contributed by atoms with E-state index >= 15 is 0 Å². The molecule has 1 aliphatic rings. The van der Waals surface area contributed by atoms with Crippen molar-refractivity contribution in [2.24, 2.45) is 7.05 Å². The summed E-state index contributed by atoms with van der Waals surface area (Å²) in [6.07, 6.45) is 5.61. The Morgan fingerprint density at radius 1 is 1.02 bits per heavy atom. The Hall–Kier alpha value is -4.57. The summed E-state index contributed by atoms with van der Waals surface area (Å²) in [4.78, 5) is 40.0. The zero-order valence-corrected chi connectivity index (χ0v) is 25.7. The minimum absolute atomic E-state index is 0.0329. The largest absolute Gasteiger partial charge is 0.354 e. The molecule has 0 spiro atoms. The molecule has 0 unspecified atom stereocenters. The van der Waals surface area contributed by atoms with Crippen molar-refractivity contribution < 1.29 is 4.79 Å². The number of nitrogens with one attached hydrogen (secondary N) is 1. The number of aryl methyl sites for hydroxylation is 3. The van der Waals surface area contributed by atoms with Crippen LogP contribution in [-0.4, -0.2) is 68.9 Å². The summed E-state index contributed by atoms with van der Waals surface area (Å²) in [6, 6.07) is 12.0. The third-order valence-corrected chi connectivity index (χ3v) is 8.59. The summed E-state index contributed by atoms with van der Waals surface area (Å²) in [5, 5.41) is 10.0. The van der Waals surface area contributed by atoms with Gasteiger partial charge in [-0.25, -0.2) is 4.68 Å². The Kier molecular flexibility index (Phi) is 7.47. The summed E-state index contributed by atoms with van der Waals surface area (Å²) in [6.45, 7) is 8.74. The van der Waals surface area contributed by atoms with Gasteiger partial charge < -0.3 is 15.1 Å². The minimum atomic E-state index is -0.239. The molecule has 0 bridgehead atoms. The van der Waals surface area contributed by atoms with Crippen LogP contribution in [0.4, 0.5) is 11.4 Å². The van der Waals surface area contributed by atoms with Crippen molar-refractivity contribution >= 4 is 39.1 Å². The number of amides is 1. The molecule has 1 saturated heterocycles. The number of anilines is 2. The van der Waals surface area contributed by atoms with Gasteiger partial charge in [0.2, 0.25) is 0 Å². The van der Waals surface area contributed by atoms with Gasteiger partial charge in [0.1, 0.15) is 11.3 Å². The maximum Gasteiger partial charge on any atom is 0.269 e. The van der Waals surface area contributed by atoms with E-state index in [9.17, 15) is 9.59 Å². The molecule has 4 aromatic heterocycles. The van der Waals surface area contributed by atoms with Crippen LogP contribution in [0.15, 0.2) is 53.6 Å². The lowest BCUT2D eigenvalue weighted by atomic mass is 10.0. The van der Waals surface area contributed by atoms with Crippen molar-refractivity contribution in [3.8, 4) is 11.3 Å². The van der Waals surface area contributed by atoms with Crippen LogP contribution in [0.5, 0.6) is 0 Å². The van der Waals surface area contributed by atoms with E-state index in [-0.39, 0.29) is 17.5 Å². The number of carbonyl (C=O) groups is 1. The molecule has 10 nitrogen and oxygen atoms in total. The molecule has 10 heteroatoms. The molecule has 5 aromatic rings. The van der Waals surface area contributed by atoms with E-state index < -0.39 is 0 Å². The van der Waals surface area contributed by atoms with E-state index in [1.807, 2.05) is 45.3 Å². The molecule has 0 aliphatic carbocycles. The van der Waals surface area contributed by atoms with Crippen LogP contribution in [0.2, 0.25) is 0 Å². The molecule has 0 atom stereocenters. The average Bonchev–Trinajstić information content (AvgIpc) is 3.46. The van der Waals surface area contributed by atoms with Crippen LogP contribution in [0.25, 0.3) is 33.1 Å². The zero-order chi connectivity index (χ0) is 30.4. The molecular formula is C33H38N8O2. The van der Waals surface area contributed by atoms with E-state index in [0.717, 1.165) is 76.2 Å². The van der Waals surface area contributed by atoms with Crippen molar-refractivity contribution in [3.63, 3.8) is 0 Å². The Balaban J connectivity index is 1.57. The second kappa shape index (κ2) is 11.3. The van der Waals surface area contributed by atoms with Gasteiger partial charge in [-0.05, 0) is 95.7 Å². The molecule has 0 radical (unpaired) electrons.